The number of hydrogen-bond acceptors (Lipinski definition) is 5. The summed E-state index contributed by atoms with van der Waals surface area (Å²) in [5.41, 5.74) is 1.60. The Morgan fingerprint density at radius 2 is 1.79 bits per heavy atom. The number of carbonyl (C=O) groups excluding carboxylic acids is 1. The number of likely N-dealkylation sites (tertiary alicyclic amines) is 2. The number of hydrogen-bond donors (Lipinski definition) is 1. The molecule has 0 bridgehead atoms. The van der Waals surface area contributed by atoms with E-state index in [9.17, 15) is 9.90 Å². The minimum Gasteiger partial charge on any atom is -0.396 e. The molecule has 6 heteroatoms. The third-order valence-electron chi connectivity index (χ3n) is 6.08. The number of amides is 1. The largest absolute Gasteiger partial charge is 0.396 e. The van der Waals surface area contributed by atoms with Crippen LogP contribution in [0.5, 0.6) is 0 Å². The monoisotopic (exact) mass is 383 g/mol. The average molecular weight is 383 g/mol. The SMILES string of the molecule is O=C(c1cc(-c2ccccc2)no1)N1C[C@@H](CN2CCCCCC2)[C@@H](CO)C1. The van der Waals surface area contributed by atoms with Gasteiger partial charge in [-0.05, 0) is 31.8 Å². The Balaban J connectivity index is 1.41. The molecule has 1 aromatic heterocycles. The van der Waals surface area contributed by atoms with Crippen LogP contribution in [0.4, 0.5) is 0 Å². The molecule has 3 heterocycles. The van der Waals surface area contributed by atoms with Gasteiger partial charge in [-0.2, -0.15) is 0 Å². The van der Waals surface area contributed by atoms with Crippen molar-refractivity contribution in [2.24, 2.45) is 11.8 Å². The zero-order valence-electron chi connectivity index (χ0n) is 16.3. The molecule has 28 heavy (non-hydrogen) atoms. The fourth-order valence-electron chi connectivity index (χ4n) is 4.45. The first-order chi connectivity index (χ1) is 13.7. The minimum atomic E-state index is -0.133. The van der Waals surface area contributed by atoms with E-state index in [-0.39, 0.29) is 24.2 Å². The Bertz CT molecular complexity index is 768. The Hall–Kier alpha value is -2.18. The first kappa shape index (κ1) is 19.2. The lowest BCUT2D eigenvalue weighted by atomic mass is 9.96. The Kier molecular flexibility index (Phi) is 6.07. The Morgan fingerprint density at radius 3 is 2.50 bits per heavy atom. The van der Waals surface area contributed by atoms with Gasteiger partial charge in [-0.1, -0.05) is 48.3 Å². The molecule has 2 aromatic rings. The van der Waals surface area contributed by atoms with E-state index in [1.165, 1.54) is 25.7 Å². The van der Waals surface area contributed by atoms with Crippen molar-refractivity contribution in [2.75, 3.05) is 39.3 Å². The Morgan fingerprint density at radius 1 is 1.07 bits per heavy atom. The lowest BCUT2D eigenvalue weighted by molar-refractivity contribution is 0.0737. The molecule has 1 amide bonds. The first-order valence-corrected chi connectivity index (χ1v) is 10.4. The van der Waals surface area contributed by atoms with Gasteiger partial charge in [-0.25, -0.2) is 0 Å². The van der Waals surface area contributed by atoms with Crippen LogP contribution in [0.1, 0.15) is 36.2 Å². The summed E-state index contributed by atoms with van der Waals surface area (Å²) in [5.74, 6) is 0.574. The van der Waals surface area contributed by atoms with Crippen LogP contribution in [-0.2, 0) is 0 Å². The van der Waals surface area contributed by atoms with Gasteiger partial charge in [-0.15, -0.1) is 0 Å². The topological polar surface area (TPSA) is 69.8 Å². The van der Waals surface area contributed by atoms with Gasteiger partial charge >= 0.3 is 0 Å². The van der Waals surface area contributed by atoms with Gasteiger partial charge < -0.3 is 19.4 Å². The zero-order chi connectivity index (χ0) is 19.3. The minimum absolute atomic E-state index is 0.119. The molecule has 0 radical (unpaired) electrons. The number of nitrogens with zero attached hydrogens (tertiary/aromatic N) is 3. The second-order valence-electron chi connectivity index (χ2n) is 8.07. The molecule has 0 aliphatic carbocycles. The molecule has 2 atom stereocenters. The fourth-order valence-corrected chi connectivity index (χ4v) is 4.45. The van der Waals surface area contributed by atoms with Gasteiger partial charge in [-0.3, -0.25) is 4.79 Å². The van der Waals surface area contributed by atoms with Crippen molar-refractivity contribution in [2.45, 2.75) is 25.7 Å². The van der Waals surface area contributed by atoms with Gasteiger partial charge in [0.1, 0.15) is 5.69 Å². The van der Waals surface area contributed by atoms with E-state index in [1.54, 1.807) is 6.07 Å². The van der Waals surface area contributed by atoms with Crippen molar-refractivity contribution < 1.29 is 14.4 Å². The van der Waals surface area contributed by atoms with E-state index in [0.717, 1.165) is 25.2 Å². The third kappa shape index (κ3) is 4.28. The van der Waals surface area contributed by atoms with Crippen molar-refractivity contribution in [3.05, 3.63) is 42.2 Å². The summed E-state index contributed by atoms with van der Waals surface area (Å²) in [6.45, 7) is 4.59. The van der Waals surface area contributed by atoms with Gasteiger partial charge in [0.25, 0.3) is 5.91 Å². The molecular formula is C22H29N3O3. The Labute approximate surface area is 166 Å². The molecule has 6 nitrogen and oxygen atoms in total. The molecule has 4 rings (SSSR count). The second kappa shape index (κ2) is 8.88. The van der Waals surface area contributed by atoms with E-state index in [1.807, 2.05) is 35.2 Å². The summed E-state index contributed by atoms with van der Waals surface area (Å²) in [5, 5.41) is 13.9. The highest BCUT2D eigenvalue weighted by Gasteiger charge is 2.37. The fraction of sp³-hybridized carbons (Fsp3) is 0.545. The van der Waals surface area contributed by atoms with Crippen molar-refractivity contribution in [1.82, 2.24) is 15.0 Å². The van der Waals surface area contributed by atoms with Gasteiger partial charge in [0.05, 0.1) is 0 Å². The van der Waals surface area contributed by atoms with Gasteiger partial charge in [0.15, 0.2) is 0 Å². The molecule has 0 spiro atoms. The van der Waals surface area contributed by atoms with E-state index < -0.39 is 0 Å². The zero-order valence-corrected chi connectivity index (χ0v) is 16.3. The number of benzene rings is 1. The van der Waals surface area contributed by atoms with Gasteiger partial charge in [0.2, 0.25) is 5.76 Å². The molecule has 0 saturated carbocycles. The third-order valence-corrected chi connectivity index (χ3v) is 6.08. The molecule has 2 saturated heterocycles. The summed E-state index contributed by atoms with van der Waals surface area (Å²) in [6, 6.07) is 11.4. The smallest absolute Gasteiger partial charge is 0.292 e. The molecule has 2 fully saturated rings. The first-order valence-electron chi connectivity index (χ1n) is 10.4. The van der Waals surface area contributed by atoms with Crippen LogP contribution in [0, 0.1) is 11.8 Å². The summed E-state index contributed by atoms with van der Waals surface area (Å²) >= 11 is 0. The maximum atomic E-state index is 12.9. The van der Waals surface area contributed by atoms with Crippen LogP contribution >= 0.6 is 0 Å². The van der Waals surface area contributed by atoms with E-state index in [2.05, 4.69) is 10.1 Å². The molecule has 2 aliphatic rings. The highest BCUT2D eigenvalue weighted by Crippen LogP contribution is 2.27. The van der Waals surface area contributed by atoms with Gasteiger partial charge in [0, 0.05) is 43.8 Å². The lowest BCUT2D eigenvalue weighted by Gasteiger charge is -2.26. The van der Waals surface area contributed by atoms with Crippen LogP contribution in [0.3, 0.4) is 0 Å². The highest BCUT2D eigenvalue weighted by molar-refractivity contribution is 5.92. The summed E-state index contributed by atoms with van der Waals surface area (Å²) in [6.07, 6.45) is 5.12. The normalized spacial score (nSPS) is 23.7. The maximum absolute atomic E-state index is 12.9. The van der Waals surface area contributed by atoms with Crippen molar-refractivity contribution in [3.8, 4) is 11.3 Å². The molecular weight excluding hydrogens is 354 g/mol. The second-order valence-corrected chi connectivity index (χ2v) is 8.07. The van der Waals surface area contributed by atoms with Crippen LogP contribution in [-0.4, -0.2) is 65.3 Å². The van der Waals surface area contributed by atoms with E-state index in [0.29, 0.717) is 24.7 Å². The molecule has 1 N–H and O–H groups in total. The summed E-state index contributed by atoms with van der Waals surface area (Å²) in [4.78, 5) is 17.3. The highest BCUT2D eigenvalue weighted by atomic mass is 16.5. The van der Waals surface area contributed by atoms with Crippen molar-refractivity contribution in [3.63, 3.8) is 0 Å². The quantitative estimate of drug-likeness (QED) is 0.860. The summed E-state index contributed by atoms with van der Waals surface area (Å²) in [7, 11) is 0. The molecule has 1 aromatic carbocycles. The number of carbonyl (C=O) groups is 1. The van der Waals surface area contributed by atoms with Crippen LogP contribution in [0.2, 0.25) is 0 Å². The maximum Gasteiger partial charge on any atom is 0.292 e. The number of aliphatic hydroxyl groups is 1. The standard InChI is InChI=1S/C22H29N3O3/c26-16-19-15-25(14-18(19)13-24-10-6-1-2-7-11-24)22(27)21-12-20(23-28-21)17-8-4-3-5-9-17/h3-5,8-9,12,18-19,26H,1-2,6-7,10-11,13-16H2/t18-,19-/m1/s1. The number of rotatable bonds is 5. The van der Waals surface area contributed by atoms with E-state index in [4.69, 9.17) is 4.52 Å². The summed E-state index contributed by atoms with van der Waals surface area (Å²) < 4.78 is 5.35. The number of aromatic nitrogens is 1. The van der Waals surface area contributed by atoms with Crippen LogP contribution in [0.15, 0.2) is 40.9 Å². The van der Waals surface area contributed by atoms with E-state index >= 15 is 0 Å². The molecule has 150 valence electrons. The number of aliphatic hydroxyl groups excluding tert-OH is 1. The van der Waals surface area contributed by atoms with Crippen LogP contribution in [0.25, 0.3) is 11.3 Å². The predicted molar refractivity (Wildman–Crippen MR) is 107 cm³/mol. The van der Waals surface area contributed by atoms with Crippen LogP contribution < -0.4 is 0 Å². The molecule has 2 aliphatic heterocycles. The lowest BCUT2D eigenvalue weighted by Crippen LogP contribution is -2.35. The predicted octanol–water partition coefficient (Wildman–Crippen LogP) is 2.90. The van der Waals surface area contributed by atoms with Crippen molar-refractivity contribution in [1.29, 1.82) is 0 Å². The molecule has 0 unspecified atom stereocenters. The van der Waals surface area contributed by atoms with Crippen molar-refractivity contribution >= 4 is 5.91 Å². The average Bonchev–Trinajstić information content (AvgIpc) is 3.30.